The number of ether oxygens (including phenoxy) is 2. The predicted octanol–water partition coefficient (Wildman–Crippen LogP) is 6.06. The molecule has 148 valence electrons. The summed E-state index contributed by atoms with van der Waals surface area (Å²) < 4.78 is 13.0. The van der Waals surface area contributed by atoms with E-state index in [9.17, 15) is 0 Å². The van der Waals surface area contributed by atoms with Crippen LogP contribution >= 0.6 is 31.9 Å². The SMILES string of the molecule is COc1ccc(C2=N[C@H](c3ccc(Br)cc3)[C@H](c3ccc(Br)cc3)N2)c(OC)c1. The molecule has 0 saturated heterocycles. The number of methoxy groups -OCH3 is 2. The zero-order valence-corrected chi connectivity index (χ0v) is 19.2. The second-order valence-corrected chi connectivity index (χ2v) is 8.55. The lowest BCUT2D eigenvalue weighted by Gasteiger charge is -2.20. The molecule has 4 rings (SSSR count). The molecular formula is C23H20Br2N2O2. The Balaban J connectivity index is 1.77. The standard InChI is InChI=1S/C23H20Br2N2O2/c1-28-18-11-12-19(20(13-18)29-2)23-26-21(14-3-7-16(24)8-4-14)22(27-23)15-5-9-17(25)10-6-15/h3-13,21-22H,1-2H3,(H,26,27)/t21-,22+. The molecule has 1 N–H and O–H groups in total. The normalized spacial score (nSPS) is 18.1. The molecule has 29 heavy (non-hydrogen) atoms. The fraction of sp³-hybridized carbons (Fsp3) is 0.174. The largest absolute Gasteiger partial charge is 0.497 e. The molecule has 3 aromatic carbocycles. The molecule has 4 nitrogen and oxygen atoms in total. The van der Waals surface area contributed by atoms with E-state index in [0.29, 0.717) is 0 Å². The number of benzene rings is 3. The van der Waals surface area contributed by atoms with Crippen LogP contribution in [0, 0.1) is 0 Å². The van der Waals surface area contributed by atoms with E-state index in [0.717, 1.165) is 37.4 Å². The van der Waals surface area contributed by atoms with E-state index < -0.39 is 0 Å². The van der Waals surface area contributed by atoms with Crippen molar-refractivity contribution in [3.63, 3.8) is 0 Å². The zero-order chi connectivity index (χ0) is 20.4. The van der Waals surface area contributed by atoms with Gasteiger partial charge in [0, 0.05) is 15.0 Å². The molecule has 0 amide bonds. The van der Waals surface area contributed by atoms with Gasteiger partial charge in [0.05, 0.1) is 25.8 Å². The van der Waals surface area contributed by atoms with E-state index in [1.165, 1.54) is 5.56 Å². The molecule has 0 aliphatic carbocycles. The number of halogens is 2. The van der Waals surface area contributed by atoms with Gasteiger partial charge in [0.2, 0.25) is 0 Å². The van der Waals surface area contributed by atoms with E-state index >= 15 is 0 Å². The molecule has 0 spiro atoms. The van der Waals surface area contributed by atoms with Crippen LogP contribution in [0.5, 0.6) is 11.5 Å². The summed E-state index contributed by atoms with van der Waals surface area (Å²) in [6, 6.07) is 22.4. The van der Waals surface area contributed by atoms with Crippen molar-refractivity contribution in [3.8, 4) is 11.5 Å². The van der Waals surface area contributed by atoms with Gasteiger partial charge < -0.3 is 14.8 Å². The van der Waals surface area contributed by atoms with Gasteiger partial charge in [-0.3, -0.25) is 4.99 Å². The maximum Gasteiger partial charge on any atom is 0.133 e. The van der Waals surface area contributed by atoms with Gasteiger partial charge in [-0.15, -0.1) is 0 Å². The molecule has 1 aliphatic rings. The Bertz CT molecular complexity index is 1030. The van der Waals surface area contributed by atoms with Crippen LogP contribution in [0.3, 0.4) is 0 Å². The van der Waals surface area contributed by atoms with Crippen molar-refractivity contribution >= 4 is 37.7 Å². The first-order valence-electron chi connectivity index (χ1n) is 9.16. The van der Waals surface area contributed by atoms with Gasteiger partial charge in [-0.05, 0) is 47.5 Å². The molecule has 6 heteroatoms. The fourth-order valence-electron chi connectivity index (χ4n) is 3.48. The Labute approximate surface area is 187 Å². The summed E-state index contributed by atoms with van der Waals surface area (Å²) in [5, 5.41) is 3.62. The van der Waals surface area contributed by atoms with Crippen LogP contribution < -0.4 is 14.8 Å². The Morgan fingerprint density at radius 3 is 2.00 bits per heavy atom. The second-order valence-electron chi connectivity index (χ2n) is 6.71. The monoisotopic (exact) mass is 514 g/mol. The maximum atomic E-state index is 5.60. The van der Waals surface area contributed by atoms with Crippen molar-refractivity contribution in [1.29, 1.82) is 0 Å². The van der Waals surface area contributed by atoms with Crippen LogP contribution in [-0.2, 0) is 0 Å². The number of rotatable bonds is 5. The number of nitrogens with zero attached hydrogens (tertiary/aromatic N) is 1. The minimum absolute atomic E-state index is 0.0195. The Morgan fingerprint density at radius 2 is 1.41 bits per heavy atom. The first-order chi connectivity index (χ1) is 14.1. The molecule has 1 aliphatic heterocycles. The highest BCUT2D eigenvalue weighted by molar-refractivity contribution is 9.10. The second kappa shape index (κ2) is 8.59. The van der Waals surface area contributed by atoms with Gasteiger partial charge in [-0.25, -0.2) is 0 Å². The summed E-state index contributed by atoms with van der Waals surface area (Å²) in [6.07, 6.45) is 0. The average Bonchev–Trinajstić information content (AvgIpc) is 3.19. The number of aliphatic imine (C=N–C) groups is 1. The fourth-order valence-corrected chi connectivity index (χ4v) is 4.01. The molecule has 0 radical (unpaired) electrons. The molecule has 2 atom stereocenters. The lowest BCUT2D eigenvalue weighted by molar-refractivity contribution is 0.393. The smallest absolute Gasteiger partial charge is 0.133 e. The number of amidine groups is 1. The van der Waals surface area contributed by atoms with Gasteiger partial charge >= 0.3 is 0 Å². The third kappa shape index (κ3) is 4.19. The summed E-state index contributed by atoms with van der Waals surface area (Å²) in [7, 11) is 3.30. The number of hydrogen-bond donors (Lipinski definition) is 1. The van der Waals surface area contributed by atoms with Gasteiger partial charge in [-0.2, -0.15) is 0 Å². The van der Waals surface area contributed by atoms with Crippen LogP contribution in [0.15, 0.2) is 80.7 Å². The van der Waals surface area contributed by atoms with Crippen LogP contribution in [-0.4, -0.2) is 20.1 Å². The highest BCUT2D eigenvalue weighted by Gasteiger charge is 2.32. The van der Waals surface area contributed by atoms with Crippen LogP contribution in [0.25, 0.3) is 0 Å². The molecule has 0 aromatic heterocycles. The molecule has 0 fully saturated rings. The lowest BCUT2D eigenvalue weighted by Crippen LogP contribution is -2.25. The molecule has 0 unspecified atom stereocenters. The molecule has 0 bridgehead atoms. The molecular weight excluding hydrogens is 496 g/mol. The van der Waals surface area contributed by atoms with Crippen molar-refractivity contribution in [2.75, 3.05) is 14.2 Å². The van der Waals surface area contributed by atoms with Gasteiger partial charge in [0.1, 0.15) is 23.4 Å². The van der Waals surface area contributed by atoms with Crippen molar-refractivity contribution in [1.82, 2.24) is 5.32 Å². The summed E-state index contributed by atoms with van der Waals surface area (Å²) in [5.74, 6) is 2.28. The maximum absolute atomic E-state index is 5.60. The summed E-state index contributed by atoms with van der Waals surface area (Å²) in [5.41, 5.74) is 3.23. The number of hydrogen-bond acceptors (Lipinski definition) is 4. The van der Waals surface area contributed by atoms with E-state index in [1.54, 1.807) is 14.2 Å². The minimum atomic E-state index is -0.0499. The molecule has 1 heterocycles. The minimum Gasteiger partial charge on any atom is -0.497 e. The zero-order valence-electron chi connectivity index (χ0n) is 16.0. The van der Waals surface area contributed by atoms with Crippen molar-refractivity contribution in [2.45, 2.75) is 12.1 Å². The van der Waals surface area contributed by atoms with Crippen molar-refractivity contribution < 1.29 is 9.47 Å². The first-order valence-corrected chi connectivity index (χ1v) is 10.8. The van der Waals surface area contributed by atoms with Gasteiger partial charge in [0.25, 0.3) is 0 Å². The highest BCUT2D eigenvalue weighted by Crippen LogP contribution is 2.39. The third-order valence-electron chi connectivity index (χ3n) is 4.98. The highest BCUT2D eigenvalue weighted by atomic mass is 79.9. The Hall–Kier alpha value is -2.31. The molecule has 0 saturated carbocycles. The van der Waals surface area contributed by atoms with Crippen molar-refractivity contribution in [2.24, 2.45) is 4.99 Å². The van der Waals surface area contributed by atoms with Crippen LogP contribution in [0.2, 0.25) is 0 Å². The Morgan fingerprint density at radius 1 is 0.793 bits per heavy atom. The summed E-state index contributed by atoms with van der Waals surface area (Å²) in [6.45, 7) is 0. The summed E-state index contributed by atoms with van der Waals surface area (Å²) >= 11 is 7.04. The third-order valence-corrected chi connectivity index (χ3v) is 6.04. The van der Waals surface area contributed by atoms with E-state index in [2.05, 4.69) is 85.7 Å². The van der Waals surface area contributed by atoms with E-state index in [4.69, 9.17) is 14.5 Å². The average molecular weight is 516 g/mol. The van der Waals surface area contributed by atoms with Crippen LogP contribution in [0.1, 0.15) is 28.8 Å². The number of nitrogens with one attached hydrogen (secondary N) is 1. The van der Waals surface area contributed by atoms with Crippen molar-refractivity contribution in [3.05, 3.63) is 92.4 Å². The predicted molar refractivity (Wildman–Crippen MR) is 123 cm³/mol. The lowest BCUT2D eigenvalue weighted by atomic mass is 9.95. The van der Waals surface area contributed by atoms with E-state index in [1.807, 2.05) is 18.2 Å². The Kier molecular flexibility index (Phi) is 5.92. The van der Waals surface area contributed by atoms with Gasteiger partial charge in [0.15, 0.2) is 0 Å². The van der Waals surface area contributed by atoms with Crippen LogP contribution in [0.4, 0.5) is 0 Å². The van der Waals surface area contributed by atoms with Gasteiger partial charge in [-0.1, -0.05) is 56.1 Å². The topological polar surface area (TPSA) is 42.8 Å². The molecule has 3 aromatic rings. The summed E-state index contributed by atoms with van der Waals surface area (Å²) in [4.78, 5) is 5.06. The quantitative estimate of drug-likeness (QED) is 0.449. The van der Waals surface area contributed by atoms with E-state index in [-0.39, 0.29) is 12.1 Å². The first kappa shape index (κ1) is 20.0.